The van der Waals surface area contributed by atoms with E-state index < -0.39 is 17.6 Å². The minimum atomic E-state index is -4.61. The predicted octanol–water partition coefficient (Wildman–Crippen LogP) is 4.75. The lowest BCUT2D eigenvalue weighted by molar-refractivity contribution is -0.137. The van der Waals surface area contributed by atoms with E-state index in [0.29, 0.717) is 28.9 Å². The maximum absolute atomic E-state index is 14.1. The van der Waals surface area contributed by atoms with Crippen LogP contribution in [0.5, 0.6) is 0 Å². The first-order valence-electron chi connectivity index (χ1n) is 9.26. The van der Waals surface area contributed by atoms with Gasteiger partial charge in [-0.15, -0.1) is 5.10 Å². The average Bonchev–Trinajstić information content (AvgIpc) is 3.34. The van der Waals surface area contributed by atoms with Crippen LogP contribution in [0, 0.1) is 24.1 Å². The summed E-state index contributed by atoms with van der Waals surface area (Å²) in [6.45, 7) is 1.83. The summed E-state index contributed by atoms with van der Waals surface area (Å²) in [6, 6.07) is 9.19. The van der Waals surface area contributed by atoms with Gasteiger partial charge in [0.25, 0.3) is 0 Å². The molecule has 0 radical (unpaired) electrons. The second kappa shape index (κ2) is 7.81. The van der Waals surface area contributed by atoms with Gasteiger partial charge in [-0.3, -0.25) is 0 Å². The molecule has 0 atom stereocenters. The van der Waals surface area contributed by atoms with Gasteiger partial charge in [-0.05, 0) is 43.3 Å². The van der Waals surface area contributed by atoms with Gasteiger partial charge in [0, 0.05) is 18.8 Å². The molecule has 0 aliphatic heterocycles. The van der Waals surface area contributed by atoms with Crippen molar-refractivity contribution in [3.8, 4) is 23.1 Å². The summed E-state index contributed by atoms with van der Waals surface area (Å²) in [5, 5.41) is 16.3. The highest BCUT2D eigenvalue weighted by Crippen LogP contribution is 2.33. The summed E-state index contributed by atoms with van der Waals surface area (Å²) in [4.78, 5) is 8.40. The van der Waals surface area contributed by atoms with Gasteiger partial charge in [0.05, 0.1) is 34.5 Å². The molecule has 2 aromatic carbocycles. The van der Waals surface area contributed by atoms with E-state index in [1.54, 1.807) is 35.3 Å². The standard InChI is InChI=1S/C21H15F4N7/c1-12-10-32(11-27-12)18-6-3-13(7-14(18)9-26)19-29-20(31(2)30-19)28-17-8-15(21(23,24)25)4-5-16(17)22/h3-8,10-11H,1-2H3,(H,28,29,30). The van der Waals surface area contributed by atoms with Gasteiger partial charge in [0.1, 0.15) is 11.9 Å². The van der Waals surface area contributed by atoms with E-state index >= 15 is 0 Å². The van der Waals surface area contributed by atoms with Gasteiger partial charge < -0.3 is 9.88 Å². The molecule has 0 fully saturated rings. The van der Waals surface area contributed by atoms with Crippen LogP contribution >= 0.6 is 0 Å². The van der Waals surface area contributed by atoms with Crippen LogP contribution in [-0.4, -0.2) is 24.3 Å². The maximum atomic E-state index is 14.1. The number of rotatable bonds is 4. The van der Waals surface area contributed by atoms with Crippen LogP contribution in [0.15, 0.2) is 48.9 Å². The number of nitriles is 1. The number of anilines is 2. The molecule has 0 unspecified atom stereocenters. The van der Waals surface area contributed by atoms with Crippen LogP contribution in [0.1, 0.15) is 16.8 Å². The molecule has 4 rings (SSSR count). The lowest BCUT2D eigenvalue weighted by Crippen LogP contribution is -2.07. The Hall–Kier alpha value is -4.20. The Kier molecular flexibility index (Phi) is 5.14. The molecule has 162 valence electrons. The van der Waals surface area contributed by atoms with Gasteiger partial charge in [0.2, 0.25) is 5.95 Å². The van der Waals surface area contributed by atoms with Crippen molar-refractivity contribution in [2.75, 3.05) is 5.32 Å². The second-order valence-corrected chi connectivity index (χ2v) is 6.97. The number of imidazole rings is 1. The summed E-state index contributed by atoms with van der Waals surface area (Å²) in [5.41, 5.74) is 0.901. The van der Waals surface area contributed by atoms with Crippen molar-refractivity contribution in [1.29, 1.82) is 5.26 Å². The topological polar surface area (TPSA) is 84.4 Å². The van der Waals surface area contributed by atoms with Crippen molar-refractivity contribution in [3.63, 3.8) is 0 Å². The third-order valence-corrected chi connectivity index (χ3v) is 4.67. The Bertz CT molecular complexity index is 1350. The van der Waals surface area contributed by atoms with Crippen molar-refractivity contribution in [2.24, 2.45) is 7.05 Å². The number of alkyl halides is 3. The Morgan fingerprint density at radius 1 is 1.12 bits per heavy atom. The number of aryl methyl sites for hydroxylation is 2. The number of nitrogens with one attached hydrogen (secondary N) is 1. The molecular formula is C21H15F4N7. The minimum absolute atomic E-state index is 0.0334. The largest absolute Gasteiger partial charge is 0.416 e. The van der Waals surface area contributed by atoms with Crippen LogP contribution in [0.2, 0.25) is 0 Å². The molecule has 7 nitrogen and oxygen atoms in total. The lowest BCUT2D eigenvalue weighted by Gasteiger charge is -2.10. The van der Waals surface area contributed by atoms with Crippen molar-refractivity contribution in [2.45, 2.75) is 13.1 Å². The average molecular weight is 441 g/mol. The highest BCUT2D eigenvalue weighted by molar-refractivity contribution is 5.65. The van der Waals surface area contributed by atoms with E-state index in [1.165, 1.54) is 11.7 Å². The third kappa shape index (κ3) is 4.02. The van der Waals surface area contributed by atoms with Gasteiger partial charge in [-0.1, -0.05) is 0 Å². The number of hydrogen-bond acceptors (Lipinski definition) is 5. The molecule has 0 aliphatic rings. The van der Waals surface area contributed by atoms with E-state index in [-0.39, 0.29) is 17.5 Å². The zero-order chi connectivity index (χ0) is 23.0. The van der Waals surface area contributed by atoms with E-state index in [4.69, 9.17) is 0 Å². The Balaban J connectivity index is 1.67. The molecule has 32 heavy (non-hydrogen) atoms. The third-order valence-electron chi connectivity index (χ3n) is 4.67. The highest BCUT2D eigenvalue weighted by atomic mass is 19.4. The smallest absolute Gasteiger partial charge is 0.322 e. The van der Waals surface area contributed by atoms with Gasteiger partial charge in [-0.2, -0.15) is 23.4 Å². The molecule has 2 aromatic heterocycles. The molecule has 4 aromatic rings. The number of halogens is 4. The van der Waals surface area contributed by atoms with Crippen LogP contribution < -0.4 is 5.32 Å². The van der Waals surface area contributed by atoms with Crippen LogP contribution in [-0.2, 0) is 13.2 Å². The van der Waals surface area contributed by atoms with E-state index in [2.05, 4.69) is 26.5 Å². The summed E-state index contributed by atoms with van der Waals surface area (Å²) in [5.74, 6) is -0.618. The lowest BCUT2D eigenvalue weighted by atomic mass is 10.1. The molecule has 0 saturated heterocycles. The van der Waals surface area contributed by atoms with Crippen LogP contribution in [0.25, 0.3) is 17.1 Å². The number of hydrogen-bond donors (Lipinski definition) is 1. The van der Waals surface area contributed by atoms with Crippen molar-refractivity contribution >= 4 is 11.6 Å². The SMILES string of the molecule is Cc1cn(-c2ccc(-c3nc(Nc4cc(C(F)(F)F)ccc4F)n(C)n3)cc2C#N)cn1. The highest BCUT2D eigenvalue weighted by Gasteiger charge is 2.31. The first kappa shape index (κ1) is 21.0. The fourth-order valence-electron chi connectivity index (χ4n) is 3.08. The summed E-state index contributed by atoms with van der Waals surface area (Å²) in [7, 11) is 1.51. The zero-order valence-electron chi connectivity index (χ0n) is 16.8. The van der Waals surface area contributed by atoms with Crippen molar-refractivity contribution in [3.05, 3.63) is 71.6 Å². The molecule has 0 amide bonds. The maximum Gasteiger partial charge on any atom is 0.416 e. The zero-order valence-corrected chi connectivity index (χ0v) is 16.8. The molecule has 0 aliphatic carbocycles. The van der Waals surface area contributed by atoms with Gasteiger partial charge in [-0.25, -0.2) is 14.1 Å². The monoisotopic (exact) mass is 441 g/mol. The van der Waals surface area contributed by atoms with Gasteiger partial charge >= 0.3 is 6.18 Å². The number of aromatic nitrogens is 5. The molecule has 2 heterocycles. The second-order valence-electron chi connectivity index (χ2n) is 6.97. The predicted molar refractivity (Wildman–Crippen MR) is 108 cm³/mol. The first-order valence-corrected chi connectivity index (χ1v) is 9.26. The van der Waals surface area contributed by atoms with Crippen LogP contribution in [0.4, 0.5) is 29.2 Å². The fourth-order valence-corrected chi connectivity index (χ4v) is 3.08. The summed E-state index contributed by atoms with van der Waals surface area (Å²) in [6.07, 6.45) is -1.24. The summed E-state index contributed by atoms with van der Waals surface area (Å²) >= 11 is 0. The molecule has 0 saturated carbocycles. The van der Waals surface area contributed by atoms with Crippen molar-refractivity contribution < 1.29 is 17.6 Å². The Morgan fingerprint density at radius 2 is 1.91 bits per heavy atom. The summed E-state index contributed by atoms with van der Waals surface area (Å²) < 4.78 is 55.9. The molecule has 0 bridgehead atoms. The first-order chi connectivity index (χ1) is 15.2. The Labute approximate surface area is 179 Å². The van der Waals surface area contributed by atoms with E-state index in [0.717, 1.165) is 11.8 Å². The minimum Gasteiger partial charge on any atom is -0.322 e. The van der Waals surface area contributed by atoms with E-state index in [9.17, 15) is 22.8 Å². The quantitative estimate of drug-likeness (QED) is 0.462. The number of nitrogens with zero attached hydrogens (tertiary/aromatic N) is 6. The molecule has 1 N–H and O–H groups in total. The van der Waals surface area contributed by atoms with Crippen molar-refractivity contribution in [1.82, 2.24) is 24.3 Å². The van der Waals surface area contributed by atoms with Crippen LogP contribution in [0.3, 0.4) is 0 Å². The molecule has 11 heteroatoms. The number of benzene rings is 2. The Morgan fingerprint density at radius 3 is 2.56 bits per heavy atom. The fraction of sp³-hybridized carbons (Fsp3) is 0.143. The molecular weight excluding hydrogens is 426 g/mol. The van der Waals surface area contributed by atoms with E-state index in [1.807, 2.05) is 6.92 Å². The molecule has 0 spiro atoms. The normalized spacial score (nSPS) is 11.4. The van der Waals surface area contributed by atoms with Gasteiger partial charge in [0.15, 0.2) is 5.82 Å².